The van der Waals surface area contributed by atoms with Gasteiger partial charge in [-0.1, -0.05) is 49.6 Å². The molecule has 0 nitrogen and oxygen atoms in total. The molecule has 76 valence electrons. The minimum atomic E-state index is 1.11. The van der Waals surface area contributed by atoms with Gasteiger partial charge in [-0.15, -0.1) is 0 Å². The van der Waals surface area contributed by atoms with Crippen molar-refractivity contribution in [2.45, 2.75) is 19.3 Å². The van der Waals surface area contributed by atoms with Gasteiger partial charge in [0.2, 0.25) is 0 Å². The van der Waals surface area contributed by atoms with E-state index in [1.54, 1.807) is 0 Å². The minimum absolute atomic E-state index is 1.11. The summed E-state index contributed by atoms with van der Waals surface area (Å²) in [6, 6.07) is 8.60. The fourth-order valence-electron chi connectivity index (χ4n) is 2.23. The molecule has 0 saturated carbocycles. The zero-order valence-electron chi connectivity index (χ0n) is 9.00. The quantitative estimate of drug-likeness (QED) is 0.666. The second-order valence-electron chi connectivity index (χ2n) is 3.86. The Morgan fingerprint density at radius 2 is 1.80 bits per heavy atom. The molecule has 0 amide bonds. The zero-order valence-corrected chi connectivity index (χ0v) is 9.00. The highest BCUT2D eigenvalue weighted by atomic mass is 14.2. The van der Waals surface area contributed by atoms with Crippen molar-refractivity contribution >= 4 is 5.57 Å². The van der Waals surface area contributed by atoms with Gasteiger partial charge in [0, 0.05) is 0 Å². The molecule has 0 N–H and O–H groups in total. The van der Waals surface area contributed by atoms with Crippen LogP contribution in [0.3, 0.4) is 0 Å². The fraction of sp³-hybridized carbons (Fsp3) is 0.200. The van der Waals surface area contributed by atoms with Crippen LogP contribution in [0.5, 0.6) is 0 Å². The molecule has 1 aliphatic carbocycles. The first kappa shape index (κ1) is 9.97. The van der Waals surface area contributed by atoms with Crippen molar-refractivity contribution in [3.05, 3.63) is 66.3 Å². The van der Waals surface area contributed by atoms with Crippen LogP contribution < -0.4 is 0 Å². The van der Waals surface area contributed by atoms with Crippen molar-refractivity contribution in [2.24, 2.45) is 0 Å². The topological polar surface area (TPSA) is 0 Å². The predicted molar refractivity (Wildman–Crippen MR) is 66.7 cm³/mol. The number of allylic oxidation sites excluding steroid dienone is 4. The molecule has 1 aromatic rings. The molecule has 1 aromatic carbocycles. The molecule has 0 heterocycles. The van der Waals surface area contributed by atoms with Crippen LogP contribution in [0.2, 0.25) is 0 Å². The third-order valence-electron chi connectivity index (χ3n) is 3.00. The lowest BCUT2D eigenvalue weighted by Crippen LogP contribution is -1.89. The Hall–Kier alpha value is -1.56. The van der Waals surface area contributed by atoms with Gasteiger partial charge in [0.05, 0.1) is 0 Å². The van der Waals surface area contributed by atoms with E-state index in [1.165, 1.54) is 28.7 Å². The molecule has 2 rings (SSSR count). The molecule has 0 aliphatic heterocycles. The Morgan fingerprint density at radius 3 is 2.53 bits per heavy atom. The molecule has 0 atom stereocenters. The summed E-state index contributed by atoms with van der Waals surface area (Å²) < 4.78 is 0. The third-order valence-corrected chi connectivity index (χ3v) is 3.00. The van der Waals surface area contributed by atoms with Crippen LogP contribution in [0.1, 0.15) is 24.0 Å². The largest absolute Gasteiger partial charge is 0.0988 e. The molecule has 0 bridgehead atoms. The molecule has 0 unspecified atom stereocenters. The average Bonchev–Trinajstić information content (AvgIpc) is 2.47. The number of aryl methyl sites for hydroxylation is 1. The fourth-order valence-corrected chi connectivity index (χ4v) is 2.23. The number of benzene rings is 1. The van der Waals surface area contributed by atoms with E-state index in [4.69, 9.17) is 0 Å². The average molecular weight is 196 g/mol. The van der Waals surface area contributed by atoms with Gasteiger partial charge >= 0.3 is 0 Å². The van der Waals surface area contributed by atoms with Gasteiger partial charge in [0.1, 0.15) is 0 Å². The first-order valence-corrected chi connectivity index (χ1v) is 5.43. The van der Waals surface area contributed by atoms with Crippen LogP contribution in [0, 0.1) is 0 Å². The van der Waals surface area contributed by atoms with Crippen molar-refractivity contribution < 1.29 is 0 Å². The Kier molecular flexibility index (Phi) is 2.86. The number of fused-ring (bicyclic) bond motifs is 1. The first-order chi connectivity index (χ1) is 7.36. The second kappa shape index (κ2) is 4.31. The number of rotatable bonds is 2. The van der Waals surface area contributed by atoms with Gasteiger partial charge < -0.3 is 0 Å². The maximum absolute atomic E-state index is 3.92. The van der Waals surface area contributed by atoms with E-state index < -0.39 is 0 Å². The van der Waals surface area contributed by atoms with Crippen molar-refractivity contribution in [2.75, 3.05) is 0 Å². The molecule has 0 fully saturated rings. The predicted octanol–water partition coefficient (Wildman–Crippen LogP) is 4.15. The lowest BCUT2D eigenvalue weighted by molar-refractivity contribution is 0.834. The molecular weight excluding hydrogens is 180 g/mol. The summed E-state index contributed by atoms with van der Waals surface area (Å²) in [5.41, 5.74) is 5.36. The maximum Gasteiger partial charge on any atom is -0.0149 e. The summed E-state index contributed by atoms with van der Waals surface area (Å²) >= 11 is 0. The normalized spacial score (nSPS) is 15.5. The highest BCUT2D eigenvalue weighted by Crippen LogP contribution is 2.31. The van der Waals surface area contributed by atoms with Crippen molar-refractivity contribution in [3.63, 3.8) is 0 Å². The molecule has 0 saturated heterocycles. The molecule has 0 radical (unpaired) electrons. The van der Waals surface area contributed by atoms with Crippen LogP contribution >= 0.6 is 0 Å². The highest BCUT2D eigenvalue weighted by molar-refractivity contribution is 5.80. The van der Waals surface area contributed by atoms with Crippen LogP contribution in [0.4, 0.5) is 0 Å². The number of hydrogen-bond donors (Lipinski definition) is 0. The van der Waals surface area contributed by atoms with E-state index in [0.717, 1.165) is 12.8 Å². The molecular formula is C15H16. The lowest BCUT2D eigenvalue weighted by Gasteiger charge is -2.08. The van der Waals surface area contributed by atoms with Crippen LogP contribution in [-0.4, -0.2) is 0 Å². The Labute approximate surface area is 91.6 Å². The van der Waals surface area contributed by atoms with E-state index in [0.29, 0.717) is 0 Å². The number of hydrogen-bond acceptors (Lipinski definition) is 0. The summed E-state index contributed by atoms with van der Waals surface area (Å²) in [5.74, 6) is 0. The summed E-state index contributed by atoms with van der Waals surface area (Å²) in [7, 11) is 0. The van der Waals surface area contributed by atoms with Gasteiger partial charge in [0.15, 0.2) is 0 Å². The van der Waals surface area contributed by atoms with Crippen molar-refractivity contribution in [1.29, 1.82) is 0 Å². The van der Waals surface area contributed by atoms with Crippen LogP contribution in [-0.2, 0) is 6.42 Å². The zero-order chi connectivity index (χ0) is 10.7. The molecule has 0 spiro atoms. The third kappa shape index (κ3) is 1.80. The van der Waals surface area contributed by atoms with Gasteiger partial charge in [-0.2, -0.15) is 0 Å². The van der Waals surface area contributed by atoms with E-state index in [9.17, 15) is 0 Å². The standard InChI is InChI=1S/C15H16/c1-3-12-9-7-10-13-8-5-6-11-15(13)14(12)4-2/h3-6,8,11H,1-2,7,9-10H2. The van der Waals surface area contributed by atoms with E-state index in [1.807, 2.05) is 12.2 Å². The molecule has 0 heteroatoms. The molecule has 0 aromatic heterocycles. The van der Waals surface area contributed by atoms with Crippen molar-refractivity contribution in [1.82, 2.24) is 0 Å². The lowest BCUT2D eigenvalue weighted by atomic mass is 9.97. The van der Waals surface area contributed by atoms with E-state index >= 15 is 0 Å². The highest BCUT2D eigenvalue weighted by Gasteiger charge is 2.12. The van der Waals surface area contributed by atoms with Gasteiger partial charge in [0.25, 0.3) is 0 Å². The van der Waals surface area contributed by atoms with Gasteiger partial charge in [-0.3, -0.25) is 0 Å². The minimum Gasteiger partial charge on any atom is -0.0988 e. The summed E-state index contributed by atoms with van der Waals surface area (Å²) in [4.78, 5) is 0. The molecule has 15 heavy (non-hydrogen) atoms. The van der Waals surface area contributed by atoms with Crippen LogP contribution in [0.25, 0.3) is 5.57 Å². The SMILES string of the molecule is C=CC1=C(C=C)c2ccccc2CCC1. The van der Waals surface area contributed by atoms with E-state index in [-0.39, 0.29) is 0 Å². The Morgan fingerprint density at radius 1 is 1.00 bits per heavy atom. The molecule has 1 aliphatic rings. The first-order valence-electron chi connectivity index (χ1n) is 5.43. The second-order valence-corrected chi connectivity index (χ2v) is 3.86. The Bertz CT molecular complexity index is 421. The smallest absolute Gasteiger partial charge is 0.0149 e. The van der Waals surface area contributed by atoms with Crippen molar-refractivity contribution in [3.8, 4) is 0 Å². The maximum atomic E-state index is 3.92. The van der Waals surface area contributed by atoms with Gasteiger partial charge in [-0.25, -0.2) is 0 Å². The Balaban J connectivity index is 2.63. The van der Waals surface area contributed by atoms with Crippen LogP contribution in [0.15, 0.2) is 55.1 Å². The van der Waals surface area contributed by atoms with E-state index in [2.05, 4.69) is 37.4 Å². The summed E-state index contributed by atoms with van der Waals surface area (Å²) in [6.07, 6.45) is 7.40. The summed E-state index contributed by atoms with van der Waals surface area (Å²) in [6.45, 7) is 7.81. The monoisotopic (exact) mass is 196 g/mol. The summed E-state index contributed by atoms with van der Waals surface area (Å²) in [5, 5.41) is 0. The van der Waals surface area contributed by atoms with Gasteiger partial charge in [-0.05, 0) is 41.5 Å².